The number of allylic oxidation sites excluding steroid dienone is 5. The van der Waals surface area contributed by atoms with Crippen LogP contribution >= 0.6 is 7.26 Å². The predicted octanol–water partition coefficient (Wildman–Crippen LogP) is 8.61. The second-order valence-corrected chi connectivity index (χ2v) is 16.2. The van der Waals surface area contributed by atoms with Gasteiger partial charge in [0.1, 0.15) is 0 Å². The molecule has 0 bridgehead atoms. The van der Waals surface area contributed by atoms with Gasteiger partial charge in [-0.1, -0.05) is 6.08 Å². The summed E-state index contributed by atoms with van der Waals surface area (Å²) >= 11 is 1.73. The molecule has 1 heterocycles. The van der Waals surface area contributed by atoms with Crippen LogP contribution < -0.4 is 15.9 Å². The summed E-state index contributed by atoms with van der Waals surface area (Å²) in [6.07, 6.45) is 8.21. The summed E-state index contributed by atoms with van der Waals surface area (Å²) in [6, 6.07) is 43.4. The van der Waals surface area contributed by atoms with Crippen LogP contribution in [0.25, 0.3) is 11.6 Å². The number of carbonyl (C=O) groups is 2. The van der Waals surface area contributed by atoms with E-state index in [1.54, 1.807) is 24.0 Å². The molecule has 1 aliphatic carbocycles. The molecule has 7 rings (SSSR count). The van der Waals surface area contributed by atoms with Crippen LogP contribution in [0.4, 0.5) is 0 Å². The summed E-state index contributed by atoms with van der Waals surface area (Å²) in [5, 5.41) is 4.66. The van der Waals surface area contributed by atoms with Crippen molar-refractivity contribution in [3.05, 3.63) is 195 Å². The number of rotatable bonds is 7. The third-order valence-corrected chi connectivity index (χ3v) is 14.8. The van der Waals surface area contributed by atoms with E-state index in [0.717, 1.165) is 33.2 Å². The van der Waals surface area contributed by atoms with Crippen molar-refractivity contribution in [3.8, 4) is 4.37 Å². The van der Waals surface area contributed by atoms with E-state index < -0.39 is 7.26 Å². The molecular formula is C45H35O3OsP+. The maximum atomic E-state index is 14.2. The monoisotopic (exact) mass is 846 g/mol. The van der Waals surface area contributed by atoms with Gasteiger partial charge in [0.15, 0.2) is 0 Å². The van der Waals surface area contributed by atoms with Gasteiger partial charge in [-0.05, 0) is 6.92 Å². The first-order valence-corrected chi connectivity index (χ1v) is 19.7. The van der Waals surface area contributed by atoms with Gasteiger partial charge in [0.05, 0.1) is 0 Å². The molecule has 0 atom stereocenters. The predicted molar refractivity (Wildman–Crippen MR) is 203 cm³/mol. The van der Waals surface area contributed by atoms with Gasteiger partial charge in [-0.25, -0.2) is 0 Å². The molecule has 0 spiro atoms. The van der Waals surface area contributed by atoms with Crippen LogP contribution in [0.5, 0.6) is 0 Å². The molecular weight excluding hydrogens is 810 g/mol. The van der Waals surface area contributed by atoms with Crippen LogP contribution in [0.1, 0.15) is 56.8 Å². The van der Waals surface area contributed by atoms with Crippen LogP contribution in [0.2, 0.25) is 0 Å². The van der Waals surface area contributed by atoms with Crippen molar-refractivity contribution in [1.29, 1.82) is 0 Å². The van der Waals surface area contributed by atoms with E-state index in [0.29, 0.717) is 35.5 Å². The zero-order valence-electron chi connectivity index (χ0n) is 27.9. The molecule has 0 unspecified atom stereocenters. The second-order valence-electron chi connectivity index (χ2n) is 12.2. The third-order valence-electron chi connectivity index (χ3n) is 9.41. The third kappa shape index (κ3) is 5.90. The van der Waals surface area contributed by atoms with Crippen molar-refractivity contribution in [2.24, 2.45) is 0 Å². The van der Waals surface area contributed by atoms with E-state index in [9.17, 15) is 9.59 Å². The van der Waals surface area contributed by atoms with Crippen molar-refractivity contribution >= 4 is 46.4 Å². The molecule has 5 aromatic carbocycles. The summed E-state index contributed by atoms with van der Waals surface area (Å²) in [5.74, 6) is -0.274. The molecule has 0 N–H and O–H groups in total. The summed E-state index contributed by atoms with van der Waals surface area (Å²) in [7, 11) is -2.58. The van der Waals surface area contributed by atoms with E-state index in [4.69, 9.17) is 4.74 Å². The number of fused-ring (bicyclic) bond motifs is 2. The van der Waals surface area contributed by atoms with Crippen LogP contribution in [0.15, 0.2) is 162 Å². The molecule has 0 saturated carbocycles. The molecule has 1 aliphatic heterocycles. The molecule has 5 heteroatoms. The average molecular weight is 845 g/mol. The molecule has 3 nitrogen and oxygen atoms in total. The van der Waals surface area contributed by atoms with E-state index >= 15 is 0 Å². The molecule has 1 saturated heterocycles. The number of hydrogen-bond donors (Lipinski definition) is 0. The number of ether oxygens (including phenoxy) is 1. The zero-order chi connectivity index (χ0) is 34.7. The summed E-state index contributed by atoms with van der Waals surface area (Å²) in [4.78, 5) is 28.1. The first kappa shape index (κ1) is 33.7. The molecule has 0 radical (unpaired) electrons. The van der Waals surface area contributed by atoms with Crippen molar-refractivity contribution in [3.63, 3.8) is 0 Å². The fourth-order valence-electron chi connectivity index (χ4n) is 7.03. The number of carbonyl (C=O) groups excluding carboxylic acids is 2. The van der Waals surface area contributed by atoms with E-state index in [-0.39, 0.29) is 11.6 Å². The Hall–Kier alpha value is -4.79. The number of ketones is 2. The molecule has 0 amide bonds. The van der Waals surface area contributed by atoms with Crippen LogP contribution in [-0.2, 0) is 22.7 Å². The van der Waals surface area contributed by atoms with Gasteiger partial charge in [-0.15, -0.1) is 0 Å². The Morgan fingerprint density at radius 3 is 1.70 bits per heavy atom. The Bertz CT molecular complexity index is 2200. The Balaban J connectivity index is 1.57. The molecule has 0 aromatic heterocycles. The van der Waals surface area contributed by atoms with Crippen molar-refractivity contribution in [2.45, 2.75) is 13.8 Å². The standard InChI is InChI=1S/C45H35O3P.Os/c1-4-15-32-22-24-39-42(26-32)44(46)40-25-23-34(27-43(40)45(39)47)41(28-35-30-48-29-33(35)5-2)31(3)49(36-16-9-6-10-17-36,37-18-11-7-12-19-37)38-20-13-8-14-21-38;/h4-28H,29-30H2,1-2H3;/q+1;/b15-4+,33-5?,35-28?,41-31?;. The first-order chi connectivity index (χ1) is 24.5. The second kappa shape index (κ2) is 14.6. The fraction of sp³-hybridized carbons (Fsp3) is 0.0889. The van der Waals surface area contributed by atoms with Gasteiger partial charge in [0.25, 0.3) is 0 Å². The normalized spacial score (nSPS) is 16.4. The van der Waals surface area contributed by atoms with Gasteiger partial charge in [-0.2, -0.15) is 0 Å². The number of benzene rings is 5. The van der Waals surface area contributed by atoms with E-state index in [2.05, 4.69) is 108 Å². The number of hydrogen-bond acceptors (Lipinski definition) is 3. The Kier molecular flexibility index (Phi) is 9.83. The van der Waals surface area contributed by atoms with Gasteiger partial charge in [-0.3, -0.25) is 0 Å². The SMILES string of the molecule is CC=C1COCC1=CC(=C([C]#[Os])[P+](c1ccccc1)(c1ccccc1)c1ccccc1)c1ccc2c(c1)C(=O)c1ccc(/C=C/C)cc1C2=O. The van der Waals surface area contributed by atoms with Gasteiger partial charge in [0, 0.05) is 0 Å². The molecule has 2 aliphatic rings. The van der Waals surface area contributed by atoms with Crippen molar-refractivity contribution in [1.82, 2.24) is 0 Å². The molecule has 245 valence electrons. The Morgan fingerprint density at radius 2 is 1.18 bits per heavy atom. The quantitative estimate of drug-likeness (QED) is 0.151. The van der Waals surface area contributed by atoms with Crippen LogP contribution in [-0.4, -0.2) is 24.8 Å². The average Bonchev–Trinajstić information content (AvgIpc) is 3.63. The van der Waals surface area contributed by atoms with Crippen LogP contribution in [0.3, 0.4) is 0 Å². The van der Waals surface area contributed by atoms with Crippen molar-refractivity contribution in [2.75, 3.05) is 13.2 Å². The topological polar surface area (TPSA) is 43.4 Å². The van der Waals surface area contributed by atoms with Crippen molar-refractivity contribution < 1.29 is 32.3 Å². The summed E-state index contributed by atoms with van der Waals surface area (Å²) < 4.78 is 9.74. The van der Waals surface area contributed by atoms with Gasteiger partial charge < -0.3 is 0 Å². The molecule has 1 fully saturated rings. The Labute approximate surface area is 304 Å². The van der Waals surface area contributed by atoms with E-state index in [1.807, 2.05) is 56.3 Å². The molecule has 50 heavy (non-hydrogen) atoms. The fourth-order valence-corrected chi connectivity index (χ4v) is 12.9. The minimum absolute atomic E-state index is 0.133. The van der Waals surface area contributed by atoms with Gasteiger partial charge >= 0.3 is 293 Å². The van der Waals surface area contributed by atoms with Gasteiger partial charge in [0.2, 0.25) is 0 Å². The van der Waals surface area contributed by atoms with Crippen LogP contribution in [0, 0.1) is 4.37 Å². The zero-order valence-corrected chi connectivity index (χ0v) is 31.3. The van der Waals surface area contributed by atoms with E-state index in [1.165, 1.54) is 15.9 Å². The summed E-state index contributed by atoms with van der Waals surface area (Å²) in [5.41, 5.74) is 6.67. The maximum absolute atomic E-state index is 14.2. The Morgan fingerprint density at radius 1 is 0.660 bits per heavy atom. The summed E-state index contributed by atoms with van der Waals surface area (Å²) in [6.45, 7) is 5.01. The first-order valence-electron chi connectivity index (χ1n) is 16.6. The molecule has 5 aromatic rings. The minimum atomic E-state index is -2.58.